The maximum absolute atomic E-state index is 6.00. The lowest BCUT2D eigenvalue weighted by Gasteiger charge is -2.23. The molecular formula is C12H19N3OS. The normalized spacial score (nSPS) is 34.1. The Bertz CT molecular complexity index is 376. The molecule has 2 fully saturated rings. The topological polar surface area (TPSA) is 64.9 Å². The minimum Gasteiger partial charge on any atom is -0.339 e. The number of aromatic nitrogens is 2. The van der Waals surface area contributed by atoms with Crippen molar-refractivity contribution in [1.29, 1.82) is 0 Å². The second-order valence-electron chi connectivity index (χ2n) is 5.12. The van der Waals surface area contributed by atoms with E-state index in [4.69, 9.17) is 10.3 Å². The fraction of sp³-hybridized carbons (Fsp3) is 0.833. The average molecular weight is 253 g/mol. The van der Waals surface area contributed by atoms with Crippen molar-refractivity contribution in [2.24, 2.45) is 5.73 Å². The fourth-order valence-electron chi connectivity index (χ4n) is 2.78. The van der Waals surface area contributed by atoms with Gasteiger partial charge >= 0.3 is 0 Å². The van der Waals surface area contributed by atoms with E-state index in [0.717, 1.165) is 31.0 Å². The van der Waals surface area contributed by atoms with Crippen LogP contribution in [0.1, 0.15) is 61.4 Å². The van der Waals surface area contributed by atoms with Crippen LogP contribution in [0.25, 0.3) is 0 Å². The zero-order valence-electron chi connectivity index (χ0n) is 9.97. The van der Waals surface area contributed by atoms with Crippen molar-refractivity contribution in [3.05, 3.63) is 11.7 Å². The Labute approximate surface area is 106 Å². The Kier molecular flexibility index (Phi) is 3.38. The molecule has 0 bridgehead atoms. The van der Waals surface area contributed by atoms with E-state index >= 15 is 0 Å². The first kappa shape index (κ1) is 11.5. The lowest BCUT2D eigenvalue weighted by atomic mass is 9.86. The van der Waals surface area contributed by atoms with Gasteiger partial charge in [-0.2, -0.15) is 16.7 Å². The summed E-state index contributed by atoms with van der Waals surface area (Å²) in [4.78, 5) is 4.60. The maximum Gasteiger partial charge on any atom is 0.229 e. The molecule has 1 aromatic rings. The van der Waals surface area contributed by atoms with Crippen molar-refractivity contribution in [1.82, 2.24) is 10.1 Å². The molecule has 1 aliphatic heterocycles. The molecule has 2 aliphatic rings. The summed E-state index contributed by atoms with van der Waals surface area (Å²) >= 11 is 1.95. The van der Waals surface area contributed by atoms with E-state index in [1.165, 1.54) is 25.0 Å². The highest BCUT2D eigenvalue weighted by Gasteiger charge is 2.28. The Hall–Kier alpha value is -0.550. The molecule has 1 saturated heterocycles. The van der Waals surface area contributed by atoms with Crippen molar-refractivity contribution in [3.63, 3.8) is 0 Å². The van der Waals surface area contributed by atoms with E-state index in [-0.39, 0.29) is 0 Å². The number of nitrogens with two attached hydrogens (primary N) is 1. The molecule has 3 unspecified atom stereocenters. The van der Waals surface area contributed by atoms with E-state index in [1.54, 1.807) is 0 Å². The van der Waals surface area contributed by atoms with Gasteiger partial charge in [0.05, 0.1) is 5.25 Å². The number of thioether (sulfide) groups is 1. The van der Waals surface area contributed by atoms with Gasteiger partial charge in [-0.25, -0.2) is 0 Å². The minimum atomic E-state index is 0.310. The summed E-state index contributed by atoms with van der Waals surface area (Å²) in [6.45, 7) is 0. The predicted octanol–water partition coefficient (Wildman–Crippen LogP) is 2.62. The van der Waals surface area contributed by atoms with Crippen molar-refractivity contribution < 1.29 is 4.52 Å². The van der Waals surface area contributed by atoms with E-state index in [1.807, 2.05) is 11.8 Å². The first-order valence-electron chi connectivity index (χ1n) is 6.53. The van der Waals surface area contributed by atoms with Crippen LogP contribution in [0, 0.1) is 0 Å². The van der Waals surface area contributed by atoms with Crippen LogP contribution in [-0.2, 0) is 0 Å². The molecule has 17 heavy (non-hydrogen) atoms. The van der Waals surface area contributed by atoms with Gasteiger partial charge in [0.2, 0.25) is 5.89 Å². The van der Waals surface area contributed by atoms with Gasteiger partial charge in [-0.3, -0.25) is 0 Å². The van der Waals surface area contributed by atoms with Gasteiger partial charge in [0, 0.05) is 12.0 Å². The summed E-state index contributed by atoms with van der Waals surface area (Å²) < 4.78 is 5.43. The molecule has 0 radical (unpaired) electrons. The molecule has 94 valence electrons. The average Bonchev–Trinajstić information content (AvgIpc) is 3.00. The van der Waals surface area contributed by atoms with E-state index in [0.29, 0.717) is 17.2 Å². The van der Waals surface area contributed by atoms with Crippen LogP contribution in [0.5, 0.6) is 0 Å². The van der Waals surface area contributed by atoms with Gasteiger partial charge in [-0.05, 0) is 37.9 Å². The molecule has 3 atom stereocenters. The molecule has 0 spiro atoms. The Balaban J connectivity index is 1.70. The first-order valence-corrected chi connectivity index (χ1v) is 7.58. The molecule has 1 saturated carbocycles. The second-order valence-corrected chi connectivity index (χ2v) is 6.43. The largest absolute Gasteiger partial charge is 0.339 e. The number of hydrogen-bond acceptors (Lipinski definition) is 5. The van der Waals surface area contributed by atoms with E-state index < -0.39 is 0 Å². The van der Waals surface area contributed by atoms with Crippen molar-refractivity contribution in [2.75, 3.05) is 5.75 Å². The summed E-state index contributed by atoms with van der Waals surface area (Å²) in [5.41, 5.74) is 6.00. The number of rotatable bonds is 2. The zero-order chi connectivity index (χ0) is 11.7. The van der Waals surface area contributed by atoms with E-state index in [2.05, 4.69) is 10.1 Å². The number of nitrogens with zero attached hydrogens (tertiary/aromatic N) is 2. The van der Waals surface area contributed by atoms with Crippen LogP contribution in [-0.4, -0.2) is 21.9 Å². The molecule has 0 aromatic carbocycles. The van der Waals surface area contributed by atoms with Crippen LogP contribution in [0.15, 0.2) is 4.52 Å². The smallest absolute Gasteiger partial charge is 0.229 e. The van der Waals surface area contributed by atoms with Crippen molar-refractivity contribution in [3.8, 4) is 0 Å². The minimum absolute atomic E-state index is 0.310. The third kappa shape index (κ3) is 2.50. The molecule has 1 aliphatic carbocycles. The van der Waals surface area contributed by atoms with Gasteiger partial charge in [-0.1, -0.05) is 11.6 Å². The predicted molar refractivity (Wildman–Crippen MR) is 67.9 cm³/mol. The maximum atomic E-state index is 6.00. The quantitative estimate of drug-likeness (QED) is 0.877. The molecule has 4 nitrogen and oxygen atoms in total. The summed E-state index contributed by atoms with van der Waals surface area (Å²) in [5, 5.41) is 4.61. The SMILES string of the molecule is NC1CCCC(c2nc(C3CCCS3)no2)C1. The van der Waals surface area contributed by atoms with Gasteiger partial charge in [-0.15, -0.1) is 0 Å². The summed E-state index contributed by atoms with van der Waals surface area (Å²) in [6.07, 6.45) is 6.92. The lowest BCUT2D eigenvalue weighted by Crippen LogP contribution is -2.26. The summed E-state index contributed by atoms with van der Waals surface area (Å²) in [6, 6.07) is 0.310. The Morgan fingerprint density at radius 2 is 2.18 bits per heavy atom. The highest BCUT2D eigenvalue weighted by Crippen LogP contribution is 2.39. The lowest BCUT2D eigenvalue weighted by molar-refractivity contribution is 0.297. The third-order valence-corrected chi connectivity index (χ3v) is 5.11. The zero-order valence-corrected chi connectivity index (χ0v) is 10.8. The third-order valence-electron chi connectivity index (χ3n) is 3.74. The van der Waals surface area contributed by atoms with Crippen LogP contribution in [0.3, 0.4) is 0 Å². The van der Waals surface area contributed by atoms with Gasteiger partial charge in [0.25, 0.3) is 0 Å². The molecule has 2 N–H and O–H groups in total. The molecule has 0 amide bonds. The Morgan fingerprint density at radius 3 is 2.94 bits per heavy atom. The highest BCUT2D eigenvalue weighted by atomic mass is 32.2. The molecule has 5 heteroatoms. The van der Waals surface area contributed by atoms with Crippen molar-refractivity contribution in [2.45, 2.75) is 55.7 Å². The first-order chi connectivity index (χ1) is 8.33. The van der Waals surface area contributed by atoms with Gasteiger partial charge < -0.3 is 10.3 Å². The van der Waals surface area contributed by atoms with Crippen molar-refractivity contribution >= 4 is 11.8 Å². The van der Waals surface area contributed by atoms with Crippen LogP contribution < -0.4 is 5.73 Å². The molecular weight excluding hydrogens is 234 g/mol. The fourth-order valence-corrected chi connectivity index (χ4v) is 3.97. The van der Waals surface area contributed by atoms with Crippen LogP contribution in [0.4, 0.5) is 0 Å². The summed E-state index contributed by atoms with van der Waals surface area (Å²) in [7, 11) is 0. The van der Waals surface area contributed by atoms with Crippen LogP contribution >= 0.6 is 11.8 Å². The highest BCUT2D eigenvalue weighted by molar-refractivity contribution is 7.99. The molecule has 3 rings (SSSR count). The second kappa shape index (κ2) is 4.98. The Morgan fingerprint density at radius 1 is 1.24 bits per heavy atom. The standard InChI is InChI=1S/C12H19N3OS/c13-9-4-1-3-8(7-9)12-14-11(15-16-12)10-5-2-6-17-10/h8-10H,1-7,13H2. The van der Waals surface area contributed by atoms with Crippen LogP contribution in [0.2, 0.25) is 0 Å². The van der Waals surface area contributed by atoms with Gasteiger partial charge in [0.1, 0.15) is 0 Å². The summed E-state index contributed by atoms with van der Waals surface area (Å²) in [5.74, 6) is 3.35. The van der Waals surface area contributed by atoms with Gasteiger partial charge in [0.15, 0.2) is 5.82 Å². The number of hydrogen-bond donors (Lipinski definition) is 1. The monoisotopic (exact) mass is 253 g/mol. The van der Waals surface area contributed by atoms with E-state index in [9.17, 15) is 0 Å². The molecule has 2 heterocycles. The molecule has 1 aromatic heterocycles.